The summed E-state index contributed by atoms with van der Waals surface area (Å²) in [6.07, 6.45) is 0. The Balaban J connectivity index is 4.80. The minimum atomic E-state index is -0.300. The van der Waals surface area contributed by atoms with Crippen molar-refractivity contribution in [2.24, 2.45) is 0 Å². The Kier molecular flexibility index (Phi) is 5.40. The van der Waals surface area contributed by atoms with Gasteiger partial charge in [0.1, 0.15) is 0 Å². The molecule has 0 atom stereocenters. The third-order valence-corrected chi connectivity index (χ3v) is 2.53. The summed E-state index contributed by atoms with van der Waals surface area (Å²) in [7, 11) is 0. The minimum Gasteiger partial charge on any atom is -0.463 e. The Morgan fingerprint density at radius 1 is 1.12 bits per heavy atom. The van der Waals surface area contributed by atoms with Crippen LogP contribution < -0.4 is 0 Å². The molecule has 100 valence electrons. The van der Waals surface area contributed by atoms with E-state index in [4.69, 9.17) is 4.74 Å². The van der Waals surface area contributed by atoms with Crippen LogP contribution in [0.1, 0.15) is 48.5 Å². The molecule has 0 unspecified atom stereocenters. The maximum absolute atomic E-state index is 11.6. The summed E-state index contributed by atoms with van der Waals surface area (Å²) < 4.78 is 4.96. The lowest BCUT2D eigenvalue weighted by Crippen LogP contribution is -2.53. The number of carbonyl (C=O) groups is 1. The molecule has 0 aliphatic rings. The fourth-order valence-corrected chi connectivity index (χ4v) is 1.97. The Labute approximate surface area is 106 Å². The molecule has 0 N–H and O–H groups in total. The van der Waals surface area contributed by atoms with Crippen LogP contribution in [-0.2, 0) is 9.53 Å². The highest BCUT2D eigenvalue weighted by Gasteiger charge is 2.32. The molecule has 0 aliphatic carbocycles. The molecule has 0 aromatic carbocycles. The number of carbonyl (C=O) groups excluding carboxylic acids is 1. The van der Waals surface area contributed by atoms with Gasteiger partial charge in [0.15, 0.2) is 0 Å². The van der Waals surface area contributed by atoms with Gasteiger partial charge >= 0.3 is 5.97 Å². The summed E-state index contributed by atoms with van der Waals surface area (Å²) in [5, 5.41) is 0. The molecule has 3 heteroatoms. The third-order valence-electron chi connectivity index (χ3n) is 2.53. The van der Waals surface area contributed by atoms with Gasteiger partial charge in [-0.05, 0) is 48.5 Å². The highest BCUT2D eigenvalue weighted by Crippen LogP contribution is 2.25. The Bertz CT molecular complexity index is 268. The van der Waals surface area contributed by atoms with Crippen molar-refractivity contribution in [2.45, 2.75) is 59.5 Å². The second-order valence-electron chi connectivity index (χ2n) is 6.25. The van der Waals surface area contributed by atoms with E-state index in [2.05, 4.69) is 53.0 Å². The summed E-state index contributed by atoms with van der Waals surface area (Å²) in [5.74, 6) is -0.300. The van der Waals surface area contributed by atoms with Crippen molar-refractivity contribution in [3.63, 3.8) is 0 Å². The predicted octanol–water partition coefficient (Wildman–Crippen LogP) is 3.00. The van der Waals surface area contributed by atoms with Gasteiger partial charge in [0.05, 0.1) is 6.61 Å². The van der Waals surface area contributed by atoms with Crippen LogP contribution in [0.25, 0.3) is 0 Å². The first-order chi connectivity index (χ1) is 7.50. The van der Waals surface area contributed by atoms with Crippen molar-refractivity contribution in [1.82, 2.24) is 4.90 Å². The first kappa shape index (κ1) is 16.2. The molecule has 3 nitrogen and oxygen atoms in total. The molecule has 0 saturated carbocycles. The first-order valence-electron chi connectivity index (χ1n) is 6.12. The number of ether oxygens (including phenoxy) is 1. The van der Waals surface area contributed by atoms with E-state index in [1.54, 1.807) is 6.92 Å². The standard InChI is InChI=1S/C14H27NO2/c1-9-17-12(16)11(2)10-15(13(3,4)5)14(6,7)8/h2,9-10H2,1,3-8H3. The van der Waals surface area contributed by atoms with Gasteiger partial charge in [0, 0.05) is 23.2 Å². The normalized spacial score (nSPS) is 12.7. The van der Waals surface area contributed by atoms with Crippen LogP contribution in [-0.4, -0.2) is 35.1 Å². The van der Waals surface area contributed by atoms with Gasteiger partial charge in [-0.3, -0.25) is 4.90 Å². The third kappa shape index (κ3) is 5.35. The second-order valence-corrected chi connectivity index (χ2v) is 6.25. The van der Waals surface area contributed by atoms with Crippen LogP contribution in [0.5, 0.6) is 0 Å². The fourth-order valence-electron chi connectivity index (χ4n) is 1.97. The molecular weight excluding hydrogens is 214 g/mol. The molecule has 0 heterocycles. The summed E-state index contributed by atoms with van der Waals surface area (Å²) in [4.78, 5) is 13.8. The summed E-state index contributed by atoms with van der Waals surface area (Å²) >= 11 is 0. The summed E-state index contributed by atoms with van der Waals surface area (Å²) in [5.41, 5.74) is 0.471. The van der Waals surface area contributed by atoms with E-state index >= 15 is 0 Å². The van der Waals surface area contributed by atoms with Gasteiger partial charge in [0.25, 0.3) is 0 Å². The van der Waals surface area contributed by atoms with Gasteiger partial charge in [-0.2, -0.15) is 0 Å². The number of nitrogens with zero attached hydrogens (tertiary/aromatic N) is 1. The molecule has 17 heavy (non-hydrogen) atoms. The molecule has 0 aromatic rings. The molecule has 0 fully saturated rings. The Morgan fingerprint density at radius 2 is 1.53 bits per heavy atom. The zero-order chi connectivity index (χ0) is 13.9. The maximum Gasteiger partial charge on any atom is 0.334 e. The van der Waals surface area contributed by atoms with Crippen LogP contribution in [0.4, 0.5) is 0 Å². The van der Waals surface area contributed by atoms with Gasteiger partial charge in [-0.15, -0.1) is 0 Å². The lowest BCUT2D eigenvalue weighted by Gasteiger charge is -2.45. The average Bonchev–Trinajstić information content (AvgIpc) is 2.10. The van der Waals surface area contributed by atoms with Crippen LogP contribution >= 0.6 is 0 Å². The SMILES string of the molecule is C=C(CN(C(C)(C)C)C(C)(C)C)C(=O)OCC. The maximum atomic E-state index is 11.6. The van der Waals surface area contributed by atoms with Crippen LogP contribution in [0, 0.1) is 0 Å². The van der Waals surface area contributed by atoms with Gasteiger partial charge in [0.2, 0.25) is 0 Å². The molecule has 0 aromatic heterocycles. The minimum absolute atomic E-state index is 0.0202. The fraction of sp³-hybridized carbons (Fsp3) is 0.786. The molecule has 0 spiro atoms. The molecule has 0 saturated heterocycles. The van der Waals surface area contributed by atoms with Crippen molar-refractivity contribution < 1.29 is 9.53 Å². The van der Waals surface area contributed by atoms with E-state index in [0.717, 1.165) is 0 Å². The van der Waals surface area contributed by atoms with E-state index in [9.17, 15) is 4.79 Å². The van der Waals surface area contributed by atoms with Crippen molar-refractivity contribution in [3.05, 3.63) is 12.2 Å². The summed E-state index contributed by atoms with van der Waals surface area (Å²) in [6, 6.07) is 0. The molecule has 0 radical (unpaired) electrons. The lowest BCUT2D eigenvalue weighted by molar-refractivity contribution is -0.139. The average molecular weight is 241 g/mol. The van der Waals surface area contributed by atoms with Crippen LogP contribution in [0.15, 0.2) is 12.2 Å². The zero-order valence-electron chi connectivity index (χ0n) is 12.4. The number of rotatable bonds is 4. The monoisotopic (exact) mass is 241 g/mol. The molecule has 0 rings (SSSR count). The van der Waals surface area contributed by atoms with Crippen molar-refractivity contribution >= 4 is 5.97 Å². The van der Waals surface area contributed by atoms with Crippen molar-refractivity contribution in [3.8, 4) is 0 Å². The summed E-state index contributed by atoms with van der Waals surface area (Å²) in [6.45, 7) is 19.4. The number of hydrogen-bond acceptors (Lipinski definition) is 3. The highest BCUT2D eigenvalue weighted by molar-refractivity contribution is 5.88. The zero-order valence-corrected chi connectivity index (χ0v) is 12.4. The number of hydrogen-bond donors (Lipinski definition) is 0. The quantitative estimate of drug-likeness (QED) is 0.560. The Morgan fingerprint density at radius 3 is 1.82 bits per heavy atom. The van der Waals surface area contributed by atoms with Crippen molar-refractivity contribution in [1.29, 1.82) is 0 Å². The molecule has 0 aliphatic heterocycles. The second kappa shape index (κ2) is 5.67. The van der Waals surface area contributed by atoms with Gasteiger partial charge in [-0.1, -0.05) is 6.58 Å². The highest BCUT2D eigenvalue weighted by atomic mass is 16.5. The van der Waals surface area contributed by atoms with E-state index in [1.807, 2.05) is 0 Å². The van der Waals surface area contributed by atoms with Gasteiger partial charge in [-0.25, -0.2) is 4.79 Å². The van der Waals surface area contributed by atoms with E-state index < -0.39 is 0 Å². The largest absolute Gasteiger partial charge is 0.463 e. The first-order valence-corrected chi connectivity index (χ1v) is 6.12. The predicted molar refractivity (Wildman–Crippen MR) is 72.0 cm³/mol. The lowest BCUT2D eigenvalue weighted by atomic mass is 9.95. The van der Waals surface area contributed by atoms with Crippen LogP contribution in [0.3, 0.4) is 0 Å². The van der Waals surface area contributed by atoms with E-state index in [-0.39, 0.29) is 17.0 Å². The molecule has 0 amide bonds. The smallest absolute Gasteiger partial charge is 0.334 e. The molecule has 0 bridgehead atoms. The van der Waals surface area contributed by atoms with Crippen molar-refractivity contribution in [2.75, 3.05) is 13.2 Å². The van der Waals surface area contributed by atoms with Gasteiger partial charge < -0.3 is 4.74 Å². The molecular formula is C14H27NO2. The van der Waals surface area contributed by atoms with Crippen LogP contribution in [0.2, 0.25) is 0 Å². The van der Waals surface area contributed by atoms with E-state index in [1.165, 1.54) is 0 Å². The number of esters is 1. The van der Waals surface area contributed by atoms with E-state index in [0.29, 0.717) is 18.7 Å². The Hall–Kier alpha value is -0.830. The topological polar surface area (TPSA) is 29.5 Å².